The number of hydrogen-bond acceptors (Lipinski definition) is 3. The SMILES string of the molecule is COc1cnn(C)c1C(N)c1ccc(Br)cc1C. The van der Waals surface area contributed by atoms with Gasteiger partial charge in [-0.3, -0.25) is 4.68 Å². The second-order valence-electron chi connectivity index (χ2n) is 4.20. The Kier molecular flexibility index (Phi) is 3.73. The molecule has 1 heterocycles. The second kappa shape index (κ2) is 5.12. The fourth-order valence-electron chi connectivity index (χ4n) is 2.07. The van der Waals surface area contributed by atoms with Gasteiger partial charge >= 0.3 is 0 Å². The summed E-state index contributed by atoms with van der Waals surface area (Å²) in [5.74, 6) is 0.715. The summed E-state index contributed by atoms with van der Waals surface area (Å²) >= 11 is 3.45. The maximum absolute atomic E-state index is 6.33. The van der Waals surface area contributed by atoms with E-state index in [4.69, 9.17) is 10.5 Å². The van der Waals surface area contributed by atoms with Crippen molar-refractivity contribution in [3.63, 3.8) is 0 Å². The molecule has 5 heteroatoms. The summed E-state index contributed by atoms with van der Waals surface area (Å²) in [7, 11) is 3.49. The minimum absolute atomic E-state index is 0.249. The highest BCUT2D eigenvalue weighted by Gasteiger charge is 2.20. The van der Waals surface area contributed by atoms with E-state index in [0.29, 0.717) is 5.75 Å². The topological polar surface area (TPSA) is 53.1 Å². The van der Waals surface area contributed by atoms with E-state index in [1.165, 1.54) is 0 Å². The van der Waals surface area contributed by atoms with Gasteiger partial charge in [-0.1, -0.05) is 22.0 Å². The summed E-state index contributed by atoms with van der Waals surface area (Å²) < 4.78 is 8.10. The largest absolute Gasteiger partial charge is 0.493 e. The van der Waals surface area contributed by atoms with Crippen molar-refractivity contribution in [3.05, 3.63) is 45.7 Å². The maximum Gasteiger partial charge on any atom is 0.161 e. The third-order valence-corrected chi connectivity index (χ3v) is 3.52. The molecule has 0 saturated carbocycles. The molecule has 0 fully saturated rings. The molecule has 2 aromatic rings. The van der Waals surface area contributed by atoms with E-state index in [1.807, 2.05) is 26.1 Å². The van der Waals surface area contributed by atoms with Crippen LogP contribution in [0, 0.1) is 6.92 Å². The molecule has 0 spiro atoms. The summed E-state index contributed by atoms with van der Waals surface area (Å²) in [5, 5.41) is 4.18. The first-order chi connectivity index (χ1) is 8.54. The molecule has 2 N–H and O–H groups in total. The molecule has 1 aromatic carbocycles. The Morgan fingerprint density at radius 1 is 1.44 bits per heavy atom. The van der Waals surface area contributed by atoms with Crippen LogP contribution in [0.4, 0.5) is 0 Å². The van der Waals surface area contributed by atoms with Crippen LogP contribution in [0.25, 0.3) is 0 Å². The average Bonchev–Trinajstić information content (AvgIpc) is 2.69. The van der Waals surface area contributed by atoms with E-state index in [-0.39, 0.29) is 6.04 Å². The first-order valence-electron chi connectivity index (χ1n) is 5.62. The van der Waals surface area contributed by atoms with E-state index in [1.54, 1.807) is 18.0 Å². The number of ether oxygens (including phenoxy) is 1. The van der Waals surface area contributed by atoms with Gasteiger partial charge in [-0.25, -0.2) is 0 Å². The number of aromatic nitrogens is 2. The van der Waals surface area contributed by atoms with Gasteiger partial charge in [0, 0.05) is 11.5 Å². The third kappa shape index (κ3) is 2.28. The van der Waals surface area contributed by atoms with Gasteiger partial charge in [0.05, 0.1) is 19.3 Å². The Morgan fingerprint density at radius 3 is 2.78 bits per heavy atom. The van der Waals surface area contributed by atoms with Crippen molar-refractivity contribution in [2.45, 2.75) is 13.0 Å². The lowest BCUT2D eigenvalue weighted by atomic mass is 9.99. The molecule has 0 aliphatic carbocycles. The third-order valence-electron chi connectivity index (χ3n) is 3.03. The number of rotatable bonds is 3. The summed E-state index contributed by atoms with van der Waals surface area (Å²) in [6.45, 7) is 2.04. The van der Waals surface area contributed by atoms with Crippen LogP contribution in [0.15, 0.2) is 28.9 Å². The lowest BCUT2D eigenvalue weighted by Crippen LogP contribution is -2.17. The monoisotopic (exact) mass is 309 g/mol. The van der Waals surface area contributed by atoms with Crippen LogP contribution in [-0.2, 0) is 7.05 Å². The number of hydrogen-bond donors (Lipinski definition) is 1. The predicted octanol–water partition coefficient (Wildman–Crippen LogP) is 2.55. The van der Waals surface area contributed by atoms with Crippen LogP contribution < -0.4 is 10.5 Å². The van der Waals surface area contributed by atoms with Gasteiger partial charge in [0.25, 0.3) is 0 Å². The van der Waals surface area contributed by atoms with Crippen molar-refractivity contribution in [1.82, 2.24) is 9.78 Å². The fourth-order valence-corrected chi connectivity index (χ4v) is 2.55. The highest BCUT2D eigenvalue weighted by Crippen LogP contribution is 2.30. The number of nitrogens with zero attached hydrogens (tertiary/aromatic N) is 2. The summed E-state index contributed by atoms with van der Waals surface area (Å²) in [5.41, 5.74) is 9.42. The van der Waals surface area contributed by atoms with Crippen molar-refractivity contribution in [1.29, 1.82) is 0 Å². The van der Waals surface area contributed by atoms with Crippen molar-refractivity contribution in [2.75, 3.05) is 7.11 Å². The molecule has 0 aliphatic heterocycles. The molecular weight excluding hydrogens is 294 g/mol. The fraction of sp³-hybridized carbons (Fsp3) is 0.308. The lowest BCUT2D eigenvalue weighted by molar-refractivity contribution is 0.406. The number of nitrogens with two attached hydrogens (primary N) is 1. The standard InChI is InChI=1S/C13H16BrN3O/c1-8-6-9(14)4-5-10(8)12(15)13-11(18-3)7-16-17(13)2/h4-7,12H,15H2,1-3H3. The van der Waals surface area contributed by atoms with E-state index in [0.717, 1.165) is 21.3 Å². The van der Waals surface area contributed by atoms with Crippen molar-refractivity contribution >= 4 is 15.9 Å². The van der Waals surface area contributed by atoms with Crippen molar-refractivity contribution < 1.29 is 4.74 Å². The summed E-state index contributed by atoms with van der Waals surface area (Å²) in [4.78, 5) is 0. The van der Waals surface area contributed by atoms with E-state index < -0.39 is 0 Å². The molecule has 0 saturated heterocycles. The Balaban J connectivity index is 2.47. The van der Waals surface area contributed by atoms with Crippen molar-refractivity contribution in [2.24, 2.45) is 12.8 Å². The normalized spacial score (nSPS) is 12.5. The summed E-state index contributed by atoms with van der Waals surface area (Å²) in [6, 6.07) is 5.82. The zero-order valence-corrected chi connectivity index (χ0v) is 12.2. The van der Waals surface area contributed by atoms with Gasteiger partial charge in [0.15, 0.2) is 5.75 Å². The molecule has 0 bridgehead atoms. The second-order valence-corrected chi connectivity index (χ2v) is 5.12. The van der Waals surface area contributed by atoms with Gasteiger partial charge in [-0.05, 0) is 30.2 Å². The van der Waals surface area contributed by atoms with Crippen LogP contribution in [-0.4, -0.2) is 16.9 Å². The highest BCUT2D eigenvalue weighted by molar-refractivity contribution is 9.10. The number of halogens is 1. The van der Waals surface area contributed by atoms with Crippen LogP contribution in [0.3, 0.4) is 0 Å². The molecule has 2 rings (SSSR count). The molecule has 1 unspecified atom stereocenters. The zero-order valence-electron chi connectivity index (χ0n) is 10.6. The van der Waals surface area contributed by atoms with Crippen molar-refractivity contribution in [3.8, 4) is 5.75 Å². The molecule has 18 heavy (non-hydrogen) atoms. The first kappa shape index (κ1) is 13.1. The molecular formula is C13H16BrN3O. The number of methoxy groups -OCH3 is 1. The van der Waals surface area contributed by atoms with Gasteiger partial charge in [0.1, 0.15) is 5.69 Å². The minimum Gasteiger partial charge on any atom is -0.493 e. The van der Waals surface area contributed by atoms with Crippen LogP contribution >= 0.6 is 15.9 Å². The zero-order chi connectivity index (χ0) is 13.3. The quantitative estimate of drug-likeness (QED) is 0.948. The molecule has 0 amide bonds. The Hall–Kier alpha value is -1.33. The van der Waals surface area contributed by atoms with Gasteiger partial charge < -0.3 is 10.5 Å². The van der Waals surface area contributed by atoms with E-state index >= 15 is 0 Å². The van der Waals surface area contributed by atoms with Gasteiger partial charge in [-0.15, -0.1) is 0 Å². The highest BCUT2D eigenvalue weighted by atomic mass is 79.9. The van der Waals surface area contributed by atoms with E-state index in [2.05, 4.69) is 27.1 Å². The average molecular weight is 310 g/mol. The molecule has 4 nitrogen and oxygen atoms in total. The number of aryl methyl sites for hydroxylation is 2. The molecule has 1 atom stereocenters. The Morgan fingerprint density at radius 2 is 2.17 bits per heavy atom. The van der Waals surface area contributed by atoms with E-state index in [9.17, 15) is 0 Å². The smallest absolute Gasteiger partial charge is 0.161 e. The molecule has 0 radical (unpaired) electrons. The Bertz CT molecular complexity index is 565. The minimum atomic E-state index is -0.249. The van der Waals surface area contributed by atoms with Crippen LogP contribution in [0.2, 0.25) is 0 Å². The van der Waals surface area contributed by atoms with Gasteiger partial charge in [-0.2, -0.15) is 5.10 Å². The predicted molar refractivity (Wildman–Crippen MR) is 74.7 cm³/mol. The first-order valence-corrected chi connectivity index (χ1v) is 6.41. The molecule has 0 aliphatic rings. The summed E-state index contributed by atoms with van der Waals surface area (Å²) in [6.07, 6.45) is 1.68. The molecule has 1 aromatic heterocycles. The lowest BCUT2D eigenvalue weighted by Gasteiger charge is -2.16. The maximum atomic E-state index is 6.33. The molecule has 96 valence electrons. The van der Waals surface area contributed by atoms with Crippen LogP contribution in [0.1, 0.15) is 22.9 Å². The van der Waals surface area contributed by atoms with Gasteiger partial charge in [0.2, 0.25) is 0 Å². The Labute approximate surface area is 115 Å². The van der Waals surface area contributed by atoms with Crippen LogP contribution in [0.5, 0.6) is 5.75 Å². The number of benzene rings is 1.